The fourth-order valence-electron chi connectivity index (χ4n) is 7.05. The molecule has 0 heterocycles. The molecule has 4 aliphatic rings. The molecule has 0 aromatic heterocycles. The molecule has 29 heavy (non-hydrogen) atoms. The van der Waals surface area contributed by atoms with Crippen molar-refractivity contribution in [1.82, 2.24) is 0 Å². The Bertz CT molecular complexity index is 894. The van der Waals surface area contributed by atoms with Crippen molar-refractivity contribution < 1.29 is 34.1 Å². The number of fused-ring (bicyclic) bond motifs is 5. The van der Waals surface area contributed by atoms with Gasteiger partial charge in [0, 0.05) is 17.8 Å². The molecule has 0 amide bonds. The number of hydrogen-bond acceptors (Lipinski definition) is 6. The Morgan fingerprint density at radius 2 is 1.86 bits per heavy atom. The molecule has 158 valence electrons. The first-order chi connectivity index (χ1) is 13.3. The number of ketones is 3. The summed E-state index contributed by atoms with van der Waals surface area (Å²) in [6.07, 6.45) is 0.277. The molecule has 7 heteroatoms. The molecule has 0 saturated heterocycles. The standard InChI is InChI=1S/C22H27FO6/c1-10-7-13-16-18(28)17(27)14-8-12(25)5-6-19(14,3)21(16,23)15(26)9-20(13,4)22(10,29)11(2)24/h5-6,8,10,13,16-18,27-29H,7,9H2,1-4H3/t10-,13+,16-,17+,18-,19+,20+,21-,22+/m1/s1. The van der Waals surface area contributed by atoms with Crippen molar-refractivity contribution in [3.05, 3.63) is 23.8 Å². The molecule has 0 aliphatic heterocycles. The molecular formula is C22H27FO6. The normalized spacial score (nSPS) is 53.8. The van der Waals surface area contributed by atoms with Crippen molar-refractivity contribution in [3.63, 3.8) is 0 Å². The number of carbonyl (C=O) groups excluding carboxylic acids is 3. The second-order valence-corrected chi connectivity index (χ2v) is 9.79. The lowest BCUT2D eigenvalue weighted by molar-refractivity contribution is -0.209. The molecule has 4 rings (SSSR count). The maximum Gasteiger partial charge on any atom is 0.186 e. The van der Waals surface area contributed by atoms with Gasteiger partial charge in [0.15, 0.2) is 23.0 Å². The van der Waals surface area contributed by atoms with Crippen molar-refractivity contribution in [1.29, 1.82) is 0 Å². The zero-order valence-corrected chi connectivity index (χ0v) is 17.0. The van der Waals surface area contributed by atoms with E-state index in [1.807, 2.05) is 0 Å². The molecule has 0 radical (unpaired) electrons. The molecule has 0 unspecified atom stereocenters. The summed E-state index contributed by atoms with van der Waals surface area (Å²) in [6.45, 7) is 6.01. The Balaban J connectivity index is 1.95. The summed E-state index contributed by atoms with van der Waals surface area (Å²) in [6, 6.07) is 0. The number of aliphatic hydroxyl groups is 3. The van der Waals surface area contributed by atoms with Gasteiger partial charge in [-0.1, -0.05) is 19.9 Å². The summed E-state index contributed by atoms with van der Waals surface area (Å²) in [5.74, 6) is -4.33. The summed E-state index contributed by atoms with van der Waals surface area (Å²) >= 11 is 0. The van der Waals surface area contributed by atoms with Gasteiger partial charge in [-0.25, -0.2) is 4.39 Å². The van der Waals surface area contributed by atoms with Crippen LogP contribution in [0, 0.1) is 28.6 Å². The first-order valence-electron chi connectivity index (χ1n) is 10.0. The Morgan fingerprint density at radius 1 is 1.24 bits per heavy atom. The number of halogens is 1. The van der Waals surface area contributed by atoms with Crippen LogP contribution in [0.3, 0.4) is 0 Å². The van der Waals surface area contributed by atoms with Gasteiger partial charge in [-0.05, 0) is 49.8 Å². The quantitative estimate of drug-likeness (QED) is 0.601. The van der Waals surface area contributed by atoms with Gasteiger partial charge in [-0.2, -0.15) is 0 Å². The number of Topliss-reactive ketones (excluding diaryl/α,β-unsaturated/α-hetero) is 2. The van der Waals surface area contributed by atoms with Crippen LogP contribution in [-0.4, -0.2) is 56.1 Å². The third-order valence-corrected chi connectivity index (χ3v) is 8.62. The molecular weight excluding hydrogens is 379 g/mol. The number of hydrogen-bond donors (Lipinski definition) is 3. The average Bonchev–Trinajstić information content (AvgIpc) is 2.84. The van der Waals surface area contributed by atoms with E-state index in [1.165, 1.54) is 26.0 Å². The fraction of sp³-hybridized carbons (Fsp3) is 0.682. The van der Waals surface area contributed by atoms with E-state index in [2.05, 4.69) is 0 Å². The Kier molecular flexibility index (Phi) is 4.05. The Labute approximate surface area is 168 Å². The van der Waals surface area contributed by atoms with Crippen LogP contribution in [0.25, 0.3) is 0 Å². The van der Waals surface area contributed by atoms with Crippen LogP contribution in [0.4, 0.5) is 4.39 Å². The molecule has 4 aliphatic carbocycles. The highest BCUT2D eigenvalue weighted by Gasteiger charge is 2.78. The van der Waals surface area contributed by atoms with Crippen LogP contribution in [0.5, 0.6) is 0 Å². The topological polar surface area (TPSA) is 112 Å². The Hall–Kier alpha value is -1.70. The van der Waals surface area contributed by atoms with Crippen molar-refractivity contribution in [3.8, 4) is 0 Å². The smallest absolute Gasteiger partial charge is 0.186 e. The van der Waals surface area contributed by atoms with Crippen LogP contribution in [0.2, 0.25) is 0 Å². The molecule has 3 saturated carbocycles. The number of allylic oxidation sites excluding steroid dienone is 3. The average molecular weight is 406 g/mol. The second-order valence-electron chi connectivity index (χ2n) is 9.79. The SMILES string of the molecule is CC(=O)[C@@]1(O)[C@H](C)C[C@H]2[C@@H]3[C@@H](O)[C@@H](O)C4=CC(=O)C=C[C@]4(C)[C@@]3(F)C(=O)C[C@@]21C. The molecule has 3 fully saturated rings. The van der Waals surface area contributed by atoms with E-state index in [9.17, 15) is 29.7 Å². The highest BCUT2D eigenvalue weighted by Crippen LogP contribution is 2.69. The summed E-state index contributed by atoms with van der Waals surface area (Å²) in [5, 5.41) is 33.1. The van der Waals surface area contributed by atoms with E-state index < -0.39 is 69.4 Å². The van der Waals surface area contributed by atoms with E-state index in [1.54, 1.807) is 13.8 Å². The van der Waals surface area contributed by atoms with Crippen LogP contribution in [0.1, 0.15) is 40.5 Å². The van der Waals surface area contributed by atoms with Gasteiger partial charge in [-0.15, -0.1) is 0 Å². The molecule has 6 nitrogen and oxygen atoms in total. The van der Waals surface area contributed by atoms with E-state index in [0.29, 0.717) is 0 Å². The van der Waals surface area contributed by atoms with Crippen LogP contribution >= 0.6 is 0 Å². The van der Waals surface area contributed by atoms with Gasteiger partial charge >= 0.3 is 0 Å². The molecule has 0 aromatic rings. The maximum atomic E-state index is 16.9. The summed E-state index contributed by atoms with van der Waals surface area (Å²) < 4.78 is 16.9. The molecule has 0 aromatic carbocycles. The number of carbonyl (C=O) groups is 3. The minimum absolute atomic E-state index is 0.0129. The Morgan fingerprint density at radius 3 is 2.45 bits per heavy atom. The summed E-state index contributed by atoms with van der Waals surface area (Å²) in [4.78, 5) is 37.7. The summed E-state index contributed by atoms with van der Waals surface area (Å²) in [5.41, 5.74) is -7.26. The third kappa shape index (κ3) is 2.04. The minimum atomic E-state index is -2.57. The lowest BCUT2D eigenvalue weighted by atomic mass is 9.44. The highest BCUT2D eigenvalue weighted by atomic mass is 19.1. The van der Waals surface area contributed by atoms with Crippen LogP contribution < -0.4 is 0 Å². The first-order valence-corrected chi connectivity index (χ1v) is 10.0. The van der Waals surface area contributed by atoms with E-state index >= 15 is 4.39 Å². The van der Waals surface area contributed by atoms with E-state index in [-0.39, 0.29) is 18.4 Å². The van der Waals surface area contributed by atoms with Crippen LogP contribution in [-0.2, 0) is 14.4 Å². The van der Waals surface area contributed by atoms with Gasteiger partial charge in [0.05, 0.1) is 11.5 Å². The van der Waals surface area contributed by atoms with Gasteiger partial charge in [0.25, 0.3) is 0 Å². The molecule has 0 bridgehead atoms. The number of aliphatic hydroxyl groups excluding tert-OH is 2. The highest BCUT2D eigenvalue weighted by molar-refractivity contribution is 6.03. The zero-order valence-electron chi connectivity index (χ0n) is 17.0. The minimum Gasteiger partial charge on any atom is -0.390 e. The third-order valence-electron chi connectivity index (χ3n) is 8.62. The molecule has 3 N–H and O–H groups in total. The molecule has 0 spiro atoms. The summed E-state index contributed by atoms with van der Waals surface area (Å²) in [7, 11) is 0. The maximum absolute atomic E-state index is 16.9. The predicted octanol–water partition coefficient (Wildman–Crippen LogP) is 1.07. The predicted molar refractivity (Wildman–Crippen MR) is 100 cm³/mol. The largest absolute Gasteiger partial charge is 0.390 e. The second kappa shape index (κ2) is 5.71. The van der Waals surface area contributed by atoms with Gasteiger partial charge in [-0.3, -0.25) is 14.4 Å². The van der Waals surface area contributed by atoms with Crippen molar-refractivity contribution in [2.75, 3.05) is 0 Å². The number of rotatable bonds is 1. The van der Waals surface area contributed by atoms with Gasteiger partial charge < -0.3 is 15.3 Å². The lowest BCUT2D eigenvalue weighted by Gasteiger charge is -2.61. The monoisotopic (exact) mass is 406 g/mol. The molecule has 9 atom stereocenters. The van der Waals surface area contributed by atoms with Gasteiger partial charge in [0.1, 0.15) is 11.7 Å². The van der Waals surface area contributed by atoms with Gasteiger partial charge in [0.2, 0.25) is 0 Å². The fourth-order valence-corrected chi connectivity index (χ4v) is 7.05. The van der Waals surface area contributed by atoms with E-state index in [4.69, 9.17) is 0 Å². The first kappa shape index (κ1) is 20.6. The van der Waals surface area contributed by atoms with Crippen molar-refractivity contribution in [2.24, 2.45) is 28.6 Å². The zero-order chi connectivity index (χ0) is 21.7. The number of alkyl halides is 1. The van der Waals surface area contributed by atoms with Crippen LogP contribution in [0.15, 0.2) is 23.8 Å². The van der Waals surface area contributed by atoms with E-state index in [0.717, 1.165) is 6.08 Å². The lowest BCUT2D eigenvalue weighted by Crippen LogP contribution is -2.73. The van der Waals surface area contributed by atoms with Crippen molar-refractivity contribution >= 4 is 17.3 Å². The van der Waals surface area contributed by atoms with Crippen molar-refractivity contribution in [2.45, 2.75) is 64.0 Å².